The predicted molar refractivity (Wildman–Crippen MR) is 165 cm³/mol. The van der Waals surface area contributed by atoms with Gasteiger partial charge in [0.05, 0.1) is 18.5 Å². The third kappa shape index (κ3) is 15.3. The first-order chi connectivity index (χ1) is 19.0. The molecule has 0 aromatic carbocycles. The highest BCUT2D eigenvalue weighted by Crippen LogP contribution is 2.20. The second-order valence-corrected chi connectivity index (χ2v) is 12.6. The van der Waals surface area contributed by atoms with E-state index in [0.717, 1.165) is 60.0 Å². The van der Waals surface area contributed by atoms with Gasteiger partial charge in [0.1, 0.15) is 26.7 Å². The monoisotopic (exact) mass is 551 g/mol. The van der Waals surface area contributed by atoms with Gasteiger partial charge in [-0.1, -0.05) is 97.9 Å². The van der Waals surface area contributed by atoms with Crippen LogP contribution in [0.3, 0.4) is 0 Å². The van der Waals surface area contributed by atoms with Crippen molar-refractivity contribution < 1.29 is 9.53 Å². The number of ketones is 1. The fourth-order valence-electron chi connectivity index (χ4n) is 4.72. The van der Waals surface area contributed by atoms with Crippen LogP contribution in [-0.4, -0.2) is 37.1 Å². The van der Waals surface area contributed by atoms with Gasteiger partial charge in [0.2, 0.25) is 0 Å². The highest BCUT2D eigenvalue weighted by Gasteiger charge is 2.08. The van der Waals surface area contributed by atoms with Gasteiger partial charge in [-0.15, -0.1) is 5.10 Å². The first-order valence-corrected chi connectivity index (χ1v) is 16.9. The molecule has 5 nitrogen and oxygen atoms in total. The number of hydrogen-bond acceptors (Lipinski definition) is 5. The number of ether oxygens (including phenoxy) is 1. The van der Waals surface area contributed by atoms with Crippen molar-refractivity contribution in [1.82, 2.24) is 15.2 Å². The van der Waals surface area contributed by atoms with Crippen molar-refractivity contribution in [2.24, 2.45) is 11.8 Å². The summed E-state index contributed by atoms with van der Waals surface area (Å²) in [6.07, 6.45) is 19.3. The Bertz CT molecular complexity index is 889. The van der Waals surface area contributed by atoms with E-state index >= 15 is 0 Å². The molecule has 0 saturated carbocycles. The molecule has 0 saturated heterocycles. The highest BCUT2D eigenvalue weighted by molar-refractivity contribution is 6.52. The van der Waals surface area contributed by atoms with Gasteiger partial charge < -0.3 is 4.74 Å². The van der Waals surface area contributed by atoms with Crippen LogP contribution in [0, 0.1) is 11.8 Å². The number of hydrogen-bond donors (Lipinski definition) is 0. The van der Waals surface area contributed by atoms with E-state index in [1.807, 2.05) is 18.2 Å². The van der Waals surface area contributed by atoms with Crippen molar-refractivity contribution in [3.05, 3.63) is 30.5 Å². The Morgan fingerprint density at radius 3 is 2.13 bits per heavy atom. The van der Waals surface area contributed by atoms with E-state index in [1.54, 1.807) is 6.20 Å². The normalized spacial score (nSPS) is 12.8. The lowest BCUT2D eigenvalue weighted by Gasteiger charge is -2.12. The van der Waals surface area contributed by atoms with Crippen molar-refractivity contribution in [3.8, 4) is 17.1 Å². The first-order valence-electron chi connectivity index (χ1n) is 15.7. The lowest BCUT2D eigenvalue weighted by molar-refractivity contribution is -0.119. The zero-order chi connectivity index (χ0) is 28.1. The largest absolute Gasteiger partial charge is 0.492 e. The van der Waals surface area contributed by atoms with Crippen molar-refractivity contribution in [2.45, 2.75) is 130 Å². The summed E-state index contributed by atoms with van der Waals surface area (Å²) in [6, 6.07) is 9.19. The molecule has 2 aromatic rings. The van der Waals surface area contributed by atoms with Crippen LogP contribution in [0.25, 0.3) is 11.4 Å². The molecule has 0 aliphatic rings. The number of unbranched alkanes of at least 4 members (excludes halogenated alkanes) is 6. The third-order valence-corrected chi connectivity index (χ3v) is 8.95. The standard InChI is InChI=1S/C33H53N3O2Si/c1-5-7-10-15-27(3)16-11-9-12-17-28(4)26-39-33-23-22-32(35-36-33)31-21-20-30(25-34-31)38-24-14-13-19-29(37)18-8-6-2/h20-23,25,27-28H,5-19,24,26H2,1-4H3. The van der Waals surface area contributed by atoms with E-state index in [9.17, 15) is 4.79 Å². The molecule has 2 radical (unpaired) electrons. The maximum Gasteiger partial charge on any atom is 0.137 e. The van der Waals surface area contributed by atoms with Crippen molar-refractivity contribution in [3.63, 3.8) is 0 Å². The van der Waals surface area contributed by atoms with Crippen LogP contribution < -0.4 is 10.1 Å². The van der Waals surface area contributed by atoms with Crippen LogP contribution in [0.5, 0.6) is 5.75 Å². The molecule has 2 atom stereocenters. The Kier molecular flexibility index (Phi) is 17.6. The molecule has 2 rings (SSSR count). The summed E-state index contributed by atoms with van der Waals surface area (Å²) in [5, 5.41) is 9.99. The Morgan fingerprint density at radius 1 is 0.769 bits per heavy atom. The van der Waals surface area contributed by atoms with Gasteiger partial charge >= 0.3 is 0 Å². The highest BCUT2D eigenvalue weighted by atomic mass is 28.2. The molecule has 2 heterocycles. The number of carbonyl (C=O) groups is 1. The van der Waals surface area contributed by atoms with E-state index in [1.165, 1.54) is 63.8 Å². The molecule has 0 spiro atoms. The topological polar surface area (TPSA) is 65.0 Å². The summed E-state index contributed by atoms with van der Waals surface area (Å²) >= 11 is 0. The Morgan fingerprint density at radius 2 is 1.46 bits per heavy atom. The van der Waals surface area contributed by atoms with Gasteiger partial charge in [-0.2, -0.15) is 5.10 Å². The molecule has 0 bridgehead atoms. The first kappa shape index (κ1) is 33.1. The van der Waals surface area contributed by atoms with Crippen LogP contribution >= 0.6 is 0 Å². The lowest BCUT2D eigenvalue weighted by Crippen LogP contribution is -2.21. The van der Waals surface area contributed by atoms with Gasteiger partial charge in [0.15, 0.2) is 0 Å². The van der Waals surface area contributed by atoms with Crippen molar-refractivity contribution >= 4 is 20.6 Å². The van der Waals surface area contributed by atoms with Crippen molar-refractivity contribution in [1.29, 1.82) is 0 Å². The predicted octanol–water partition coefficient (Wildman–Crippen LogP) is 8.40. The summed E-state index contributed by atoms with van der Waals surface area (Å²) in [4.78, 5) is 16.3. The van der Waals surface area contributed by atoms with Crippen LogP contribution in [0.4, 0.5) is 0 Å². The molecule has 0 aliphatic heterocycles. The fourth-order valence-corrected chi connectivity index (χ4v) is 5.81. The van der Waals surface area contributed by atoms with Crippen molar-refractivity contribution in [2.75, 3.05) is 6.61 Å². The number of nitrogens with zero attached hydrogens (tertiary/aromatic N) is 3. The molecule has 6 heteroatoms. The number of carbonyl (C=O) groups excluding carboxylic acids is 1. The third-order valence-electron chi connectivity index (χ3n) is 7.42. The molecule has 0 fully saturated rings. The van der Waals surface area contributed by atoms with E-state index in [-0.39, 0.29) is 0 Å². The molecule has 216 valence electrons. The van der Waals surface area contributed by atoms with Crippen LogP contribution in [0.1, 0.15) is 124 Å². The molecule has 2 unspecified atom stereocenters. The second-order valence-electron chi connectivity index (χ2n) is 11.4. The zero-order valence-electron chi connectivity index (χ0n) is 25.2. The van der Waals surface area contributed by atoms with E-state index < -0.39 is 0 Å². The minimum absolute atomic E-state index is 0.369. The summed E-state index contributed by atoms with van der Waals surface area (Å²) in [5.74, 6) is 2.75. The van der Waals surface area contributed by atoms with Gasteiger partial charge in [-0.3, -0.25) is 9.78 Å². The van der Waals surface area contributed by atoms with E-state index in [4.69, 9.17) is 4.74 Å². The van der Waals surface area contributed by atoms with Crippen LogP contribution in [0.2, 0.25) is 6.04 Å². The molecular formula is C33H53N3O2Si. The van der Waals surface area contributed by atoms with Gasteiger partial charge in [0, 0.05) is 18.2 Å². The van der Waals surface area contributed by atoms with E-state index in [0.29, 0.717) is 34.8 Å². The SMILES string of the molecule is CCCCCC(C)CCCCCC(C)C[Si]c1ccc(-c2ccc(OCCCCC(=O)CCCC)cn2)nn1. The number of pyridine rings is 1. The average molecular weight is 552 g/mol. The molecule has 0 amide bonds. The fraction of sp³-hybridized carbons (Fsp3) is 0.697. The maximum atomic E-state index is 11.7. The van der Waals surface area contributed by atoms with Crippen LogP contribution in [-0.2, 0) is 4.79 Å². The number of Topliss-reactive ketones (excluding diaryl/α,β-unsaturated/α-hetero) is 1. The Labute approximate surface area is 241 Å². The average Bonchev–Trinajstić information content (AvgIpc) is 2.95. The van der Waals surface area contributed by atoms with Crippen LogP contribution in [0.15, 0.2) is 30.5 Å². The number of rotatable bonds is 23. The Hall–Kier alpha value is -2.08. The van der Waals surface area contributed by atoms with Gasteiger partial charge in [-0.05, 0) is 55.4 Å². The smallest absolute Gasteiger partial charge is 0.137 e. The minimum Gasteiger partial charge on any atom is -0.492 e. The van der Waals surface area contributed by atoms with E-state index in [2.05, 4.69) is 48.9 Å². The lowest BCUT2D eigenvalue weighted by atomic mass is 9.96. The summed E-state index contributed by atoms with van der Waals surface area (Å²) in [6.45, 7) is 9.81. The molecule has 39 heavy (non-hydrogen) atoms. The number of aromatic nitrogens is 3. The summed E-state index contributed by atoms with van der Waals surface area (Å²) in [5.41, 5.74) is 1.59. The molecule has 0 N–H and O–H groups in total. The maximum absolute atomic E-state index is 11.7. The Balaban J connectivity index is 1.60. The zero-order valence-corrected chi connectivity index (χ0v) is 26.2. The minimum atomic E-state index is 0.369. The molecule has 2 aromatic heterocycles. The molecular weight excluding hydrogens is 498 g/mol. The summed E-state index contributed by atoms with van der Waals surface area (Å²) < 4.78 is 5.79. The molecule has 0 aliphatic carbocycles. The van der Waals surface area contributed by atoms with Gasteiger partial charge in [0.25, 0.3) is 0 Å². The quantitative estimate of drug-likeness (QED) is 0.102. The second kappa shape index (κ2) is 20.8. The van der Waals surface area contributed by atoms with Gasteiger partial charge in [-0.25, -0.2) is 0 Å². The summed E-state index contributed by atoms with van der Waals surface area (Å²) in [7, 11) is 0.707.